The lowest BCUT2D eigenvalue weighted by Crippen LogP contribution is -2.54. The third-order valence-electron chi connectivity index (χ3n) is 4.90. The van der Waals surface area contributed by atoms with Crippen LogP contribution in [0, 0.1) is 11.8 Å². The molecule has 10 heteroatoms. The molecular weight excluding hydrogens is 329 g/mol. The van der Waals surface area contributed by atoms with Crippen molar-refractivity contribution < 1.29 is 18.3 Å². The molecule has 2 aromatic rings. The fraction of sp³-hybridized carbons (Fsp3) is 0.643. The van der Waals surface area contributed by atoms with E-state index in [1.165, 1.54) is 10.9 Å². The van der Waals surface area contributed by atoms with E-state index in [1.807, 2.05) is 0 Å². The summed E-state index contributed by atoms with van der Waals surface area (Å²) in [6.07, 6.45) is -3.11. The molecule has 2 aromatic heterocycles. The van der Waals surface area contributed by atoms with Crippen molar-refractivity contribution in [3.05, 3.63) is 27.2 Å². The molecule has 2 N–H and O–H groups in total. The molecule has 24 heavy (non-hydrogen) atoms. The van der Waals surface area contributed by atoms with Crippen molar-refractivity contribution in [2.75, 3.05) is 0 Å². The van der Waals surface area contributed by atoms with Gasteiger partial charge in [-0.25, -0.2) is 9.78 Å². The first-order valence-corrected chi connectivity index (χ1v) is 7.45. The number of fused-ring (bicyclic) bond motifs is 1. The van der Waals surface area contributed by atoms with Gasteiger partial charge in [-0.3, -0.25) is 14.3 Å². The molecule has 0 unspecified atom stereocenters. The number of imidazole rings is 1. The van der Waals surface area contributed by atoms with E-state index < -0.39 is 28.9 Å². The SMILES string of the molecule is Cn1cnc2[nH]c(=O)n(CC3CC([C@@](C)(O)C(F)(F)F)C3)c(=O)c21. The average molecular weight is 346 g/mol. The average Bonchev–Trinajstić information content (AvgIpc) is 2.76. The van der Waals surface area contributed by atoms with Gasteiger partial charge in [-0.2, -0.15) is 13.2 Å². The van der Waals surface area contributed by atoms with Crippen LogP contribution in [-0.2, 0) is 13.6 Å². The summed E-state index contributed by atoms with van der Waals surface area (Å²) in [5.41, 5.74) is -3.52. The fourth-order valence-electron chi connectivity index (χ4n) is 3.16. The van der Waals surface area contributed by atoms with Gasteiger partial charge in [0.05, 0.1) is 6.33 Å². The zero-order valence-corrected chi connectivity index (χ0v) is 13.1. The van der Waals surface area contributed by atoms with E-state index in [0.717, 1.165) is 11.5 Å². The van der Waals surface area contributed by atoms with E-state index in [-0.39, 0.29) is 36.5 Å². The minimum absolute atomic E-state index is 0.0136. The number of halogens is 3. The summed E-state index contributed by atoms with van der Waals surface area (Å²) in [5.74, 6) is -1.20. The predicted molar refractivity (Wildman–Crippen MR) is 78.5 cm³/mol. The molecule has 3 rings (SSSR count). The largest absolute Gasteiger partial charge is 0.417 e. The van der Waals surface area contributed by atoms with Crippen molar-refractivity contribution in [2.24, 2.45) is 18.9 Å². The van der Waals surface area contributed by atoms with Gasteiger partial charge in [-0.05, 0) is 31.6 Å². The topological polar surface area (TPSA) is 92.9 Å². The van der Waals surface area contributed by atoms with Crippen LogP contribution in [0.4, 0.5) is 13.2 Å². The molecule has 1 aliphatic carbocycles. The second-order valence-corrected chi connectivity index (χ2v) is 6.58. The molecule has 1 saturated carbocycles. The van der Waals surface area contributed by atoms with E-state index >= 15 is 0 Å². The van der Waals surface area contributed by atoms with Crippen LogP contribution in [0.15, 0.2) is 15.9 Å². The van der Waals surface area contributed by atoms with Gasteiger partial charge < -0.3 is 9.67 Å². The number of nitrogens with one attached hydrogen (secondary N) is 1. The molecule has 2 heterocycles. The molecule has 0 aliphatic heterocycles. The van der Waals surface area contributed by atoms with Crippen LogP contribution in [-0.4, -0.2) is 36.0 Å². The molecule has 0 aromatic carbocycles. The van der Waals surface area contributed by atoms with Crippen LogP contribution in [0.25, 0.3) is 11.2 Å². The van der Waals surface area contributed by atoms with Gasteiger partial charge in [-0.1, -0.05) is 0 Å². The molecular formula is C14H17F3N4O3. The third kappa shape index (κ3) is 2.45. The van der Waals surface area contributed by atoms with Crippen LogP contribution in [0.2, 0.25) is 0 Å². The highest BCUT2D eigenvalue weighted by Crippen LogP contribution is 2.48. The van der Waals surface area contributed by atoms with Gasteiger partial charge in [0.2, 0.25) is 0 Å². The highest BCUT2D eigenvalue weighted by molar-refractivity contribution is 5.68. The van der Waals surface area contributed by atoms with Crippen molar-refractivity contribution in [2.45, 2.75) is 38.1 Å². The number of aromatic nitrogens is 4. The Kier molecular flexibility index (Phi) is 3.63. The first kappa shape index (κ1) is 16.7. The Morgan fingerprint density at radius 2 is 2.00 bits per heavy atom. The summed E-state index contributed by atoms with van der Waals surface area (Å²) < 4.78 is 40.9. The molecule has 1 fully saturated rings. The second kappa shape index (κ2) is 5.20. The lowest BCUT2D eigenvalue weighted by atomic mass is 9.66. The number of aliphatic hydroxyl groups is 1. The van der Waals surface area contributed by atoms with Gasteiger partial charge in [0, 0.05) is 13.6 Å². The maximum atomic E-state index is 12.8. The molecule has 0 amide bonds. The summed E-state index contributed by atoms with van der Waals surface area (Å²) in [6, 6.07) is 0. The molecule has 1 aliphatic rings. The molecule has 1 atom stereocenters. The number of nitrogens with zero attached hydrogens (tertiary/aromatic N) is 3. The Hall–Kier alpha value is -2.10. The van der Waals surface area contributed by atoms with Crippen LogP contribution >= 0.6 is 0 Å². The summed E-state index contributed by atoms with van der Waals surface area (Å²) in [4.78, 5) is 30.8. The Morgan fingerprint density at radius 3 is 2.58 bits per heavy atom. The monoisotopic (exact) mass is 346 g/mol. The van der Waals surface area contributed by atoms with E-state index in [0.29, 0.717) is 0 Å². The highest BCUT2D eigenvalue weighted by Gasteiger charge is 2.57. The normalized spacial score (nSPS) is 23.9. The van der Waals surface area contributed by atoms with E-state index in [4.69, 9.17) is 0 Å². The molecule has 0 spiro atoms. The quantitative estimate of drug-likeness (QED) is 0.858. The summed E-state index contributed by atoms with van der Waals surface area (Å²) >= 11 is 0. The minimum Gasteiger partial charge on any atom is -0.380 e. The Balaban J connectivity index is 1.80. The highest BCUT2D eigenvalue weighted by atomic mass is 19.4. The zero-order valence-electron chi connectivity index (χ0n) is 13.1. The smallest absolute Gasteiger partial charge is 0.380 e. The van der Waals surface area contributed by atoms with Crippen LogP contribution < -0.4 is 11.2 Å². The summed E-state index contributed by atoms with van der Waals surface area (Å²) in [5, 5.41) is 9.64. The first-order valence-electron chi connectivity index (χ1n) is 7.45. The third-order valence-corrected chi connectivity index (χ3v) is 4.90. The van der Waals surface area contributed by atoms with Gasteiger partial charge in [0.25, 0.3) is 5.56 Å². The van der Waals surface area contributed by atoms with Gasteiger partial charge in [0.1, 0.15) is 0 Å². The summed E-state index contributed by atoms with van der Waals surface area (Å²) in [6.45, 7) is 0.772. The Bertz CT molecular complexity index is 887. The van der Waals surface area contributed by atoms with Crippen molar-refractivity contribution in [1.29, 1.82) is 0 Å². The molecule has 0 bridgehead atoms. The molecule has 0 saturated heterocycles. The van der Waals surface area contributed by atoms with Gasteiger partial charge in [0.15, 0.2) is 16.8 Å². The van der Waals surface area contributed by atoms with Crippen molar-refractivity contribution in [1.82, 2.24) is 19.1 Å². The maximum Gasteiger partial charge on any atom is 0.417 e. The van der Waals surface area contributed by atoms with Crippen LogP contribution in [0.3, 0.4) is 0 Å². The van der Waals surface area contributed by atoms with Crippen LogP contribution in [0.5, 0.6) is 0 Å². The van der Waals surface area contributed by atoms with Crippen molar-refractivity contribution in [3.8, 4) is 0 Å². The Morgan fingerprint density at radius 1 is 1.38 bits per heavy atom. The number of hydrogen-bond acceptors (Lipinski definition) is 4. The maximum absolute atomic E-state index is 12.8. The molecule has 7 nitrogen and oxygen atoms in total. The summed E-state index contributed by atoms with van der Waals surface area (Å²) in [7, 11) is 1.61. The van der Waals surface area contributed by atoms with Gasteiger partial charge in [-0.15, -0.1) is 0 Å². The molecule has 0 radical (unpaired) electrons. The number of rotatable bonds is 3. The minimum atomic E-state index is -4.70. The van der Waals surface area contributed by atoms with E-state index in [9.17, 15) is 27.9 Å². The number of aryl methyl sites for hydroxylation is 1. The zero-order chi connectivity index (χ0) is 17.9. The van der Waals surface area contributed by atoms with E-state index in [2.05, 4.69) is 9.97 Å². The van der Waals surface area contributed by atoms with E-state index in [1.54, 1.807) is 7.05 Å². The molecule has 132 valence electrons. The van der Waals surface area contributed by atoms with Gasteiger partial charge >= 0.3 is 11.9 Å². The van der Waals surface area contributed by atoms with Crippen LogP contribution in [0.1, 0.15) is 19.8 Å². The standard InChI is InChI=1S/C14H17F3N4O3/c1-13(24,14(15,16)17)8-3-7(4-8)5-21-11(22)9-10(19-12(21)23)18-6-20(9)2/h6-8,24H,3-5H2,1-2H3,(H,19,23)/t7?,8?,13-/m1/s1. The number of aromatic amines is 1. The number of alkyl halides is 3. The Labute approximate surface area is 133 Å². The lowest BCUT2D eigenvalue weighted by Gasteiger charge is -2.44. The fourth-order valence-corrected chi connectivity index (χ4v) is 3.16. The lowest BCUT2D eigenvalue weighted by molar-refractivity contribution is -0.284. The van der Waals surface area contributed by atoms with Crippen molar-refractivity contribution in [3.63, 3.8) is 0 Å². The predicted octanol–water partition coefficient (Wildman–Crippen LogP) is 0.763. The number of H-pyrrole nitrogens is 1. The first-order chi connectivity index (χ1) is 11.0. The number of hydrogen-bond donors (Lipinski definition) is 2. The van der Waals surface area contributed by atoms with Crippen molar-refractivity contribution >= 4 is 11.2 Å². The second-order valence-electron chi connectivity index (χ2n) is 6.58.